The molecule has 0 aliphatic carbocycles. The fraction of sp³-hybridized carbons (Fsp3) is 0. The Hall–Kier alpha value is -7.10. The van der Waals surface area contributed by atoms with Gasteiger partial charge in [-0.1, -0.05) is 158 Å². The molecule has 11 aromatic rings. The van der Waals surface area contributed by atoms with Crippen molar-refractivity contribution >= 4 is 65.0 Å². The van der Waals surface area contributed by atoms with Gasteiger partial charge in [0, 0.05) is 32.7 Å². The van der Waals surface area contributed by atoms with Gasteiger partial charge in [-0.15, -0.1) is 0 Å². The zero-order chi connectivity index (χ0) is 34.9. The number of hydrogen-bond donors (Lipinski definition) is 0. The minimum atomic E-state index is 0.728. The number of fused-ring (bicyclic) bond motifs is 9. The third-order valence-corrected chi connectivity index (χ3v) is 10.8. The molecule has 11 rings (SSSR count). The van der Waals surface area contributed by atoms with Crippen LogP contribution in [0.15, 0.2) is 188 Å². The molecular formula is C50H31N3. The topological polar surface area (TPSA) is 30.7 Å². The van der Waals surface area contributed by atoms with Crippen molar-refractivity contribution < 1.29 is 0 Å². The van der Waals surface area contributed by atoms with Gasteiger partial charge in [-0.3, -0.25) is 0 Å². The van der Waals surface area contributed by atoms with Gasteiger partial charge in [-0.05, 0) is 68.4 Å². The first-order chi connectivity index (χ1) is 26.3. The van der Waals surface area contributed by atoms with Crippen molar-refractivity contribution in [2.24, 2.45) is 0 Å². The molecule has 2 aromatic heterocycles. The highest BCUT2D eigenvalue weighted by atomic mass is 15.0. The number of aromatic nitrogens is 3. The zero-order valence-corrected chi connectivity index (χ0v) is 28.7. The Labute approximate surface area is 306 Å². The molecule has 3 heteroatoms. The molecule has 0 amide bonds. The van der Waals surface area contributed by atoms with Gasteiger partial charge in [-0.25, -0.2) is 9.97 Å². The minimum absolute atomic E-state index is 0.728. The fourth-order valence-corrected chi connectivity index (χ4v) is 8.37. The van der Waals surface area contributed by atoms with Crippen molar-refractivity contribution in [1.29, 1.82) is 0 Å². The summed E-state index contributed by atoms with van der Waals surface area (Å²) >= 11 is 0. The number of benzene rings is 9. The van der Waals surface area contributed by atoms with Gasteiger partial charge in [0.05, 0.1) is 27.9 Å². The lowest BCUT2D eigenvalue weighted by molar-refractivity contribution is 1.20. The van der Waals surface area contributed by atoms with Gasteiger partial charge in [-0.2, -0.15) is 0 Å². The van der Waals surface area contributed by atoms with Crippen LogP contribution in [0, 0.1) is 0 Å². The first-order valence-corrected chi connectivity index (χ1v) is 18.1. The quantitative estimate of drug-likeness (QED) is 0.186. The second kappa shape index (κ2) is 11.7. The summed E-state index contributed by atoms with van der Waals surface area (Å²) in [5, 5.41) is 11.1. The van der Waals surface area contributed by atoms with Crippen LogP contribution < -0.4 is 0 Å². The molecule has 9 aromatic carbocycles. The predicted molar refractivity (Wildman–Crippen MR) is 223 cm³/mol. The molecule has 0 N–H and O–H groups in total. The maximum atomic E-state index is 5.17. The maximum absolute atomic E-state index is 5.17. The van der Waals surface area contributed by atoms with Crippen molar-refractivity contribution in [3.05, 3.63) is 188 Å². The third kappa shape index (κ3) is 4.61. The molecule has 0 unspecified atom stereocenters. The largest absolute Gasteiger partial charge is 0.309 e. The van der Waals surface area contributed by atoms with Crippen molar-refractivity contribution in [3.63, 3.8) is 0 Å². The Bertz CT molecular complexity index is 3120. The SMILES string of the molecule is c1ccc(-c2nc(-c3ccccc3)c3cc(-c4ccc(-n5c6ccc7ccccc7c6c6c7ccccc7ccc65)c5ccccc45)ccc3n2)cc1. The highest BCUT2D eigenvalue weighted by Gasteiger charge is 2.20. The molecule has 0 atom stereocenters. The summed E-state index contributed by atoms with van der Waals surface area (Å²) in [5.74, 6) is 0.728. The third-order valence-electron chi connectivity index (χ3n) is 10.8. The Morgan fingerprint density at radius 2 is 0.925 bits per heavy atom. The van der Waals surface area contributed by atoms with Crippen LogP contribution in [0.3, 0.4) is 0 Å². The summed E-state index contributed by atoms with van der Waals surface area (Å²) in [4.78, 5) is 10.2. The molecular weight excluding hydrogens is 643 g/mol. The molecule has 246 valence electrons. The van der Waals surface area contributed by atoms with Crippen molar-refractivity contribution in [3.8, 4) is 39.5 Å². The average molecular weight is 674 g/mol. The average Bonchev–Trinajstić information content (AvgIpc) is 3.58. The second-order valence-corrected chi connectivity index (χ2v) is 13.7. The monoisotopic (exact) mass is 673 g/mol. The van der Waals surface area contributed by atoms with Crippen LogP contribution in [0.1, 0.15) is 0 Å². The van der Waals surface area contributed by atoms with Crippen LogP contribution in [0.25, 0.3) is 104 Å². The van der Waals surface area contributed by atoms with Gasteiger partial charge < -0.3 is 4.57 Å². The van der Waals surface area contributed by atoms with E-state index in [-0.39, 0.29) is 0 Å². The minimum Gasteiger partial charge on any atom is -0.309 e. The molecule has 0 aliphatic heterocycles. The van der Waals surface area contributed by atoms with E-state index in [1.54, 1.807) is 0 Å². The normalized spacial score (nSPS) is 11.8. The van der Waals surface area contributed by atoms with Crippen LogP contribution in [0.2, 0.25) is 0 Å². The van der Waals surface area contributed by atoms with E-state index in [9.17, 15) is 0 Å². The van der Waals surface area contributed by atoms with E-state index in [2.05, 4.69) is 168 Å². The molecule has 0 spiro atoms. The standard InChI is InChI=1S/C50H31N3/c1-3-15-34(16-4-1)49-42-31-36(23-27-43(42)51-50(52-49)35-17-5-2-6-18-35)37-26-30-44(41-22-12-11-21-40(37)41)53-45-28-24-32-13-7-9-19-38(32)47(45)48-39-20-10-8-14-33(39)25-29-46(48)53/h1-31H. The molecule has 0 bridgehead atoms. The molecule has 0 saturated carbocycles. The maximum Gasteiger partial charge on any atom is 0.160 e. The Kier molecular flexibility index (Phi) is 6.55. The Balaban J connectivity index is 1.16. The van der Waals surface area contributed by atoms with E-state index in [1.165, 1.54) is 59.7 Å². The van der Waals surface area contributed by atoms with Gasteiger partial charge in [0.1, 0.15) is 0 Å². The lowest BCUT2D eigenvalue weighted by atomic mass is 9.95. The van der Waals surface area contributed by atoms with E-state index < -0.39 is 0 Å². The van der Waals surface area contributed by atoms with Crippen molar-refractivity contribution in [1.82, 2.24) is 14.5 Å². The van der Waals surface area contributed by atoms with Gasteiger partial charge in [0.25, 0.3) is 0 Å². The highest BCUT2D eigenvalue weighted by molar-refractivity contribution is 6.29. The molecule has 0 aliphatic rings. The van der Waals surface area contributed by atoms with Crippen LogP contribution >= 0.6 is 0 Å². The second-order valence-electron chi connectivity index (χ2n) is 13.7. The van der Waals surface area contributed by atoms with Crippen molar-refractivity contribution in [2.45, 2.75) is 0 Å². The first kappa shape index (κ1) is 29.6. The van der Waals surface area contributed by atoms with Crippen LogP contribution in [0.4, 0.5) is 0 Å². The lowest BCUT2D eigenvalue weighted by Gasteiger charge is -2.16. The van der Waals surface area contributed by atoms with E-state index in [4.69, 9.17) is 9.97 Å². The van der Waals surface area contributed by atoms with E-state index in [1.807, 2.05) is 24.3 Å². The number of rotatable bonds is 4. The highest BCUT2D eigenvalue weighted by Crippen LogP contribution is 2.43. The van der Waals surface area contributed by atoms with Gasteiger partial charge in [0.15, 0.2) is 5.82 Å². The summed E-state index contributed by atoms with van der Waals surface area (Å²) in [6.07, 6.45) is 0. The zero-order valence-electron chi connectivity index (χ0n) is 28.7. The predicted octanol–water partition coefficient (Wildman–Crippen LogP) is 13.2. The molecule has 53 heavy (non-hydrogen) atoms. The van der Waals surface area contributed by atoms with Crippen LogP contribution in [0.5, 0.6) is 0 Å². The first-order valence-electron chi connectivity index (χ1n) is 18.1. The molecule has 3 nitrogen and oxygen atoms in total. The summed E-state index contributed by atoms with van der Waals surface area (Å²) < 4.78 is 2.47. The number of hydrogen-bond acceptors (Lipinski definition) is 2. The molecule has 0 fully saturated rings. The van der Waals surface area contributed by atoms with E-state index >= 15 is 0 Å². The molecule has 0 saturated heterocycles. The lowest BCUT2D eigenvalue weighted by Crippen LogP contribution is -1.97. The fourth-order valence-electron chi connectivity index (χ4n) is 8.37. The summed E-state index contributed by atoms with van der Waals surface area (Å²) in [6, 6.07) is 67.4. The van der Waals surface area contributed by atoms with E-state index in [0.29, 0.717) is 0 Å². The van der Waals surface area contributed by atoms with Crippen LogP contribution in [-0.2, 0) is 0 Å². The van der Waals surface area contributed by atoms with Gasteiger partial charge >= 0.3 is 0 Å². The van der Waals surface area contributed by atoms with E-state index in [0.717, 1.165) is 44.8 Å². The summed E-state index contributed by atoms with van der Waals surface area (Å²) in [5.41, 5.74) is 9.81. The summed E-state index contributed by atoms with van der Waals surface area (Å²) in [7, 11) is 0. The Morgan fingerprint density at radius 1 is 0.358 bits per heavy atom. The van der Waals surface area contributed by atoms with Crippen LogP contribution in [-0.4, -0.2) is 14.5 Å². The molecule has 2 heterocycles. The summed E-state index contributed by atoms with van der Waals surface area (Å²) in [6.45, 7) is 0. The van der Waals surface area contributed by atoms with Crippen molar-refractivity contribution in [2.75, 3.05) is 0 Å². The van der Waals surface area contributed by atoms with Gasteiger partial charge in [0.2, 0.25) is 0 Å². The molecule has 0 radical (unpaired) electrons. The smallest absolute Gasteiger partial charge is 0.160 e. The Morgan fingerprint density at radius 3 is 1.58 bits per heavy atom. The number of nitrogens with zero attached hydrogens (tertiary/aromatic N) is 3.